The summed E-state index contributed by atoms with van der Waals surface area (Å²) in [6.45, 7) is 5.13. The molecule has 21 heavy (non-hydrogen) atoms. The summed E-state index contributed by atoms with van der Waals surface area (Å²) in [5.74, 6) is 0.177. The van der Waals surface area contributed by atoms with Crippen LogP contribution in [0.25, 0.3) is 0 Å². The maximum Gasteiger partial charge on any atom is 0.227 e. The number of carbonyl (C=O) groups is 1. The maximum absolute atomic E-state index is 12.3. The minimum atomic E-state index is 0.0994. The van der Waals surface area contributed by atoms with Crippen LogP contribution in [0.1, 0.15) is 12.5 Å². The molecule has 1 aliphatic heterocycles. The molecule has 1 aliphatic rings. The zero-order valence-electron chi connectivity index (χ0n) is 12.1. The molecule has 4 nitrogen and oxygen atoms in total. The van der Waals surface area contributed by atoms with Gasteiger partial charge in [0.25, 0.3) is 0 Å². The lowest BCUT2D eigenvalue weighted by atomic mass is 10.1. The maximum atomic E-state index is 12.3. The molecule has 2 rings (SSSR count). The van der Waals surface area contributed by atoms with Crippen LogP contribution in [0.15, 0.2) is 28.7 Å². The molecule has 0 bridgehead atoms. The molecule has 2 N–H and O–H groups in total. The Morgan fingerprint density at radius 3 is 2.62 bits per heavy atom. The molecule has 0 aliphatic carbocycles. The van der Waals surface area contributed by atoms with E-state index in [1.54, 1.807) is 0 Å². The molecule has 0 saturated carbocycles. The van der Waals surface area contributed by atoms with Gasteiger partial charge in [-0.3, -0.25) is 9.69 Å². The first-order valence-corrected chi connectivity index (χ1v) is 8.23. The number of amides is 1. The first kappa shape index (κ1) is 16.4. The Hall–Kier alpha value is -0.980. The lowest BCUT2D eigenvalue weighted by Crippen LogP contribution is -2.54. The number of carbonyl (C=O) groups excluding carboxylic acids is 1. The van der Waals surface area contributed by atoms with Crippen LogP contribution in [-0.2, 0) is 11.2 Å². The predicted molar refractivity (Wildman–Crippen MR) is 92.2 cm³/mol. The van der Waals surface area contributed by atoms with Crippen LogP contribution in [0.3, 0.4) is 0 Å². The molecule has 1 aromatic rings. The van der Waals surface area contributed by atoms with Crippen LogP contribution in [0.4, 0.5) is 0 Å². The topological polar surface area (TPSA) is 49.6 Å². The highest BCUT2D eigenvalue weighted by molar-refractivity contribution is 9.10. The van der Waals surface area contributed by atoms with Gasteiger partial charge in [0.1, 0.15) is 0 Å². The highest BCUT2D eigenvalue weighted by atomic mass is 79.9. The molecule has 1 heterocycles. The Balaban J connectivity index is 1.87. The minimum Gasteiger partial charge on any atom is -0.392 e. The molecular formula is C15H20BrN3OS. The average Bonchev–Trinajstić information content (AvgIpc) is 2.46. The molecule has 1 atom stereocenters. The molecule has 1 saturated heterocycles. The van der Waals surface area contributed by atoms with E-state index in [0.717, 1.165) is 36.2 Å². The van der Waals surface area contributed by atoms with Gasteiger partial charge in [0.15, 0.2) is 0 Å². The van der Waals surface area contributed by atoms with E-state index in [0.29, 0.717) is 11.4 Å². The van der Waals surface area contributed by atoms with Crippen molar-refractivity contribution in [3.05, 3.63) is 34.3 Å². The van der Waals surface area contributed by atoms with Crippen molar-refractivity contribution in [1.82, 2.24) is 9.80 Å². The van der Waals surface area contributed by atoms with E-state index in [2.05, 4.69) is 20.8 Å². The number of nitrogens with two attached hydrogens (primary N) is 1. The number of hydrogen-bond acceptors (Lipinski definition) is 3. The fraction of sp³-hybridized carbons (Fsp3) is 0.467. The van der Waals surface area contributed by atoms with E-state index in [1.165, 1.54) is 0 Å². The van der Waals surface area contributed by atoms with Crippen molar-refractivity contribution >= 4 is 39.0 Å². The van der Waals surface area contributed by atoms with Gasteiger partial charge in [0, 0.05) is 30.7 Å². The molecule has 1 amide bonds. The van der Waals surface area contributed by atoms with Crippen molar-refractivity contribution < 1.29 is 4.79 Å². The Kier molecular flexibility index (Phi) is 5.72. The molecule has 114 valence electrons. The van der Waals surface area contributed by atoms with Gasteiger partial charge in [-0.25, -0.2) is 0 Å². The van der Waals surface area contributed by atoms with E-state index < -0.39 is 0 Å². The normalized spacial score (nSPS) is 17.5. The Labute approximate surface area is 139 Å². The fourth-order valence-corrected chi connectivity index (χ4v) is 3.07. The third-order valence-electron chi connectivity index (χ3n) is 3.87. The average molecular weight is 370 g/mol. The van der Waals surface area contributed by atoms with Gasteiger partial charge in [-0.2, -0.15) is 0 Å². The highest BCUT2D eigenvalue weighted by Crippen LogP contribution is 2.14. The first-order valence-electron chi connectivity index (χ1n) is 7.03. The predicted octanol–water partition coefficient (Wildman–Crippen LogP) is 1.81. The summed E-state index contributed by atoms with van der Waals surface area (Å²) in [6.07, 6.45) is 0.449. The minimum absolute atomic E-state index is 0.0994. The fourth-order valence-electron chi connectivity index (χ4n) is 2.47. The second-order valence-corrected chi connectivity index (χ2v) is 6.69. The SMILES string of the molecule is CC(C(N)=S)N1CCN(C(=O)Cc2cccc(Br)c2)CC1. The number of halogens is 1. The van der Waals surface area contributed by atoms with Crippen molar-refractivity contribution in [2.75, 3.05) is 26.2 Å². The van der Waals surface area contributed by atoms with Gasteiger partial charge in [-0.05, 0) is 24.6 Å². The first-order chi connectivity index (χ1) is 9.97. The van der Waals surface area contributed by atoms with Crippen LogP contribution in [0.2, 0.25) is 0 Å². The van der Waals surface area contributed by atoms with Crippen molar-refractivity contribution in [2.24, 2.45) is 5.73 Å². The zero-order valence-corrected chi connectivity index (χ0v) is 14.5. The molecule has 1 fully saturated rings. The largest absolute Gasteiger partial charge is 0.392 e. The third-order valence-corrected chi connectivity index (χ3v) is 4.71. The summed E-state index contributed by atoms with van der Waals surface area (Å²) in [7, 11) is 0. The van der Waals surface area contributed by atoms with Crippen LogP contribution >= 0.6 is 28.1 Å². The van der Waals surface area contributed by atoms with E-state index >= 15 is 0 Å². The van der Waals surface area contributed by atoms with Crippen molar-refractivity contribution in [3.63, 3.8) is 0 Å². The number of rotatable bonds is 4. The number of piperazine rings is 1. The van der Waals surface area contributed by atoms with E-state index in [9.17, 15) is 4.79 Å². The summed E-state index contributed by atoms with van der Waals surface area (Å²) in [5.41, 5.74) is 6.72. The lowest BCUT2D eigenvalue weighted by molar-refractivity contribution is -0.132. The Morgan fingerprint density at radius 1 is 1.38 bits per heavy atom. The van der Waals surface area contributed by atoms with Crippen LogP contribution in [-0.4, -0.2) is 52.9 Å². The van der Waals surface area contributed by atoms with E-state index in [-0.39, 0.29) is 11.9 Å². The Bertz CT molecular complexity index is 529. The van der Waals surface area contributed by atoms with Crippen molar-refractivity contribution in [1.29, 1.82) is 0 Å². The van der Waals surface area contributed by atoms with Gasteiger partial charge < -0.3 is 10.6 Å². The molecule has 0 radical (unpaired) electrons. The number of hydrogen-bond donors (Lipinski definition) is 1. The van der Waals surface area contributed by atoms with Gasteiger partial charge >= 0.3 is 0 Å². The number of benzene rings is 1. The Morgan fingerprint density at radius 2 is 2.05 bits per heavy atom. The van der Waals surface area contributed by atoms with E-state index in [4.69, 9.17) is 18.0 Å². The third kappa shape index (κ3) is 4.49. The van der Waals surface area contributed by atoms with Crippen LogP contribution in [0, 0.1) is 0 Å². The summed E-state index contributed by atoms with van der Waals surface area (Å²) in [4.78, 5) is 17.0. The summed E-state index contributed by atoms with van der Waals surface area (Å²) in [6, 6.07) is 7.98. The summed E-state index contributed by atoms with van der Waals surface area (Å²) >= 11 is 8.46. The van der Waals surface area contributed by atoms with Gasteiger partial charge in [-0.15, -0.1) is 0 Å². The van der Waals surface area contributed by atoms with Gasteiger partial charge in [0.05, 0.1) is 17.5 Å². The highest BCUT2D eigenvalue weighted by Gasteiger charge is 2.24. The summed E-state index contributed by atoms with van der Waals surface area (Å²) in [5, 5.41) is 0. The van der Waals surface area contributed by atoms with Crippen molar-refractivity contribution in [2.45, 2.75) is 19.4 Å². The van der Waals surface area contributed by atoms with Crippen LogP contribution in [0.5, 0.6) is 0 Å². The summed E-state index contributed by atoms with van der Waals surface area (Å²) < 4.78 is 1.00. The molecular weight excluding hydrogens is 350 g/mol. The lowest BCUT2D eigenvalue weighted by Gasteiger charge is -2.37. The van der Waals surface area contributed by atoms with Crippen LogP contribution < -0.4 is 5.73 Å². The zero-order chi connectivity index (χ0) is 15.4. The quantitative estimate of drug-likeness (QED) is 0.822. The molecule has 6 heteroatoms. The second-order valence-electron chi connectivity index (χ2n) is 5.30. The van der Waals surface area contributed by atoms with Crippen molar-refractivity contribution in [3.8, 4) is 0 Å². The smallest absolute Gasteiger partial charge is 0.227 e. The van der Waals surface area contributed by atoms with Gasteiger partial charge in [0.2, 0.25) is 5.91 Å². The molecule has 0 spiro atoms. The second kappa shape index (κ2) is 7.33. The monoisotopic (exact) mass is 369 g/mol. The van der Waals surface area contributed by atoms with Gasteiger partial charge in [-0.1, -0.05) is 40.3 Å². The number of nitrogens with zero attached hydrogens (tertiary/aromatic N) is 2. The van der Waals surface area contributed by atoms with E-state index in [1.807, 2.05) is 36.1 Å². The molecule has 0 aromatic heterocycles. The standard InChI is InChI=1S/C15H20BrN3OS/c1-11(15(17)21)18-5-7-19(8-6-18)14(20)10-12-3-2-4-13(16)9-12/h2-4,9,11H,5-8,10H2,1H3,(H2,17,21). The molecule has 1 unspecified atom stereocenters. The molecule has 1 aromatic carbocycles. The number of thiocarbonyl (C=S) groups is 1.